The van der Waals surface area contributed by atoms with E-state index in [0.717, 1.165) is 43.9 Å². The molecule has 0 unspecified atom stereocenters. The summed E-state index contributed by atoms with van der Waals surface area (Å²) in [6.07, 6.45) is 7.10. The second kappa shape index (κ2) is 7.29. The molecule has 0 aromatic carbocycles. The summed E-state index contributed by atoms with van der Waals surface area (Å²) in [6.45, 7) is 2.25. The molecular formula is C19H22N4O2. The predicted octanol–water partition coefficient (Wildman–Crippen LogP) is 2.09. The van der Waals surface area contributed by atoms with E-state index in [1.807, 2.05) is 36.5 Å². The van der Waals surface area contributed by atoms with Crippen LogP contribution in [0.3, 0.4) is 0 Å². The van der Waals surface area contributed by atoms with E-state index >= 15 is 0 Å². The van der Waals surface area contributed by atoms with Crippen LogP contribution in [0.25, 0.3) is 0 Å². The summed E-state index contributed by atoms with van der Waals surface area (Å²) in [5.74, 6) is -0.0590. The topological polar surface area (TPSA) is 67.3 Å². The molecule has 0 aliphatic carbocycles. The molecule has 130 valence electrons. The summed E-state index contributed by atoms with van der Waals surface area (Å²) < 4.78 is 5.90. The standard InChI is InChI=1S/C19H22N4O2/c24-19(22-15-5-3-7-20-11-15)14-10-18-17(6-9-25-18)23(12-14)13-16-4-1-2-8-21-16/h1-5,7-8,11,14,17-18H,6,9-10,12-13H2,(H,22,24)/t14-,17-,18-/m1/s1. The average molecular weight is 338 g/mol. The highest BCUT2D eigenvalue weighted by Gasteiger charge is 2.42. The Bertz CT molecular complexity index is 710. The van der Waals surface area contributed by atoms with Crippen LogP contribution in [-0.4, -0.2) is 46.1 Å². The van der Waals surface area contributed by atoms with Crippen LogP contribution in [0.2, 0.25) is 0 Å². The van der Waals surface area contributed by atoms with Crippen LogP contribution in [0.1, 0.15) is 18.5 Å². The first-order valence-corrected chi connectivity index (χ1v) is 8.76. The molecule has 4 heterocycles. The van der Waals surface area contributed by atoms with Gasteiger partial charge in [0.1, 0.15) is 0 Å². The number of hydrogen-bond acceptors (Lipinski definition) is 5. The summed E-state index contributed by atoms with van der Waals surface area (Å²) in [4.78, 5) is 23.6. The number of fused-ring (bicyclic) bond motifs is 1. The third kappa shape index (κ3) is 3.70. The van der Waals surface area contributed by atoms with Crippen LogP contribution >= 0.6 is 0 Å². The minimum absolute atomic E-state index is 0.0352. The van der Waals surface area contributed by atoms with Crippen molar-refractivity contribution in [3.63, 3.8) is 0 Å². The first-order valence-electron chi connectivity index (χ1n) is 8.76. The molecule has 2 aliphatic heterocycles. The summed E-state index contributed by atoms with van der Waals surface area (Å²) in [5, 5.41) is 2.98. The zero-order chi connectivity index (χ0) is 17.1. The highest BCUT2D eigenvalue weighted by Crippen LogP contribution is 2.32. The number of amides is 1. The van der Waals surface area contributed by atoms with Gasteiger partial charge in [0.05, 0.1) is 29.6 Å². The Morgan fingerprint density at radius 3 is 3.04 bits per heavy atom. The molecular weight excluding hydrogens is 316 g/mol. The lowest BCUT2D eigenvalue weighted by Gasteiger charge is -2.40. The predicted molar refractivity (Wildman–Crippen MR) is 93.8 cm³/mol. The quantitative estimate of drug-likeness (QED) is 0.925. The molecule has 0 radical (unpaired) electrons. The second-order valence-electron chi connectivity index (χ2n) is 6.68. The van der Waals surface area contributed by atoms with E-state index in [1.54, 1.807) is 12.4 Å². The number of anilines is 1. The highest BCUT2D eigenvalue weighted by atomic mass is 16.5. The molecule has 2 aliphatic rings. The Hall–Kier alpha value is -2.31. The maximum atomic E-state index is 12.7. The fourth-order valence-corrected chi connectivity index (χ4v) is 3.81. The Morgan fingerprint density at radius 1 is 1.28 bits per heavy atom. The maximum absolute atomic E-state index is 12.7. The molecule has 6 heteroatoms. The van der Waals surface area contributed by atoms with E-state index in [9.17, 15) is 4.79 Å². The van der Waals surface area contributed by atoms with Crippen LogP contribution in [0.15, 0.2) is 48.9 Å². The summed E-state index contributed by atoms with van der Waals surface area (Å²) in [5.41, 5.74) is 1.76. The number of hydrogen-bond donors (Lipinski definition) is 1. The number of pyridine rings is 2. The Kier molecular flexibility index (Phi) is 4.72. The van der Waals surface area contributed by atoms with E-state index in [0.29, 0.717) is 6.04 Å². The largest absolute Gasteiger partial charge is 0.377 e. The SMILES string of the molecule is O=C(Nc1cccnc1)[C@@H]1C[C@H]2OCC[C@H]2N(Cc2ccccn2)C1. The van der Waals surface area contributed by atoms with Gasteiger partial charge in [-0.2, -0.15) is 0 Å². The van der Waals surface area contributed by atoms with Crippen molar-refractivity contribution in [3.05, 3.63) is 54.6 Å². The minimum atomic E-state index is -0.0942. The molecule has 4 rings (SSSR count). The van der Waals surface area contributed by atoms with Gasteiger partial charge in [0.2, 0.25) is 5.91 Å². The zero-order valence-corrected chi connectivity index (χ0v) is 14.0. The van der Waals surface area contributed by atoms with Crippen molar-refractivity contribution in [3.8, 4) is 0 Å². The van der Waals surface area contributed by atoms with Gasteiger partial charge >= 0.3 is 0 Å². The van der Waals surface area contributed by atoms with E-state index in [2.05, 4.69) is 20.2 Å². The van der Waals surface area contributed by atoms with Crippen molar-refractivity contribution in [2.75, 3.05) is 18.5 Å². The van der Waals surface area contributed by atoms with Crippen LogP contribution in [-0.2, 0) is 16.1 Å². The number of carbonyl (C=O) groups excluding carboxylic acids is 1. The van der Waals surface area contributed by atoms with Gasteiger partial charge in [-0.05, 0) is 37.1 Å². The van der Waals surface area contributed by atoms with Crippen molar-refractivity contribution in [2.45, 2.75) is 31.5 Å². The number of carbonyl (C=O) groups is 1. The van der Waals surface area contributed by atoms with Crippen LogP contribution in [0.4, 0.5) is 5.69 Å². The van der Waals surface area contributed by atoms with Crippen molar-refractivity contribution in [2.24, 2.45) is 5.92 Å². The molecule has 0 saturated carbocycles. The van der Waals surface area contributed by atoms with Gasteiger partial charge in [-0.15, -0.1) is 0 Å². The Morgan fingerprint density at radius 2 is 2.24 bits per heavy atom. The monoisotopic (exact) mass is 338 g/mol. The van der Waals surface area contributed by atoms with Crippen molar-refractivity contribution in [1.29, 1.82) is 0 Å². The van der Waals surface area contributed by atoms with Gasteiger partial charge in [-0.1, -0.05) is 6.07 Å². The molecule has 3 atom stereocenters. The van der Waals surface area contributed by atoms with Crippen LogP contribution < -0.4 is 5.32 Å². The molecule has 0 spiro atoms. The first kappa shape index (κ1) is 16.2. The third-order valence-corrected chi connectivity index (χ3v) is 5.01. The molecule has 0 bridgehead atoms. The summed E-state index contributed by atoms with van der Waals surface area (Å²) >= 11 is 0. The molecule has 2 saturated heterocycles. The highest BCUT2D eigenvalue weighted by molar-refractivity contribution is 5.92. The lowest BCUT2D eigenvalue weighted by atomic mass is 9.89. The van der Waals surface area contributed by atoms with Gasteiger partial charge in [0.15, 0.2) is 0 Å². The number of rotatable bonds is 4. The van der Waals surface area contributed by atoms with Crippen molar-refractivity contribution < 1.29 is 9.53 Å². The van der Waals surface area contributed by atoms with E-state index in [-0.39, 0.29) is 17.9 Å². The lowest BCUT2D eigenvalue weighted by Crippen LogP contribution is -2.51. The molecule has 6 nitrogen and oxygen atoms in total. The average Bonchev–Trinajstić information content (AvgIpc) is 3.12. The van der Waals surface area contributed by atoms with Gasteiger partial charge in [0.25, 0.3) is 0 Å². The summed E-state index contributed by atoms with van der Waals surface area (Å²) in [7, 11) is 0. The number of aromatic nitrogens is 2. The fourth-order valence-electron chi connectivity index (χ4n) is 3.81. The van der Waals surface area contributed by atoms with Gasteiger partial charge in [-0.25, -0.2) is 0 Å². The number of piperidine rings is 1. The summed E-state index contributed by atoms with van der Waals surface area (Å²) in [6, 6.07) is 10.0. The van der Waals surface area contributed by atoms with Crippen molar-refractivity contribution >= 4 is 11.6 Å². The third-order valence-electron chi connectivity index (χ3n) is 5.01. The van der Waals surface area contributed by atoms with Crippen LogP contribution in [0, 0.1) is 5.92 Å². The molecule has 1 N–H and O–H groups in total. The molecule has 2 fully saturated rings. The number of likely N-dealkylation sites (tertiary alicyclic amines) is 1. The number of nitrogens with zero attached hydrogens (tertiary/aromatic N) is 3. The van der Waals surface area contributed by atoms with E-state index < -0.39 is 0 Å². The Labute approximate surface area is 147 Å². The lowest BCUT2D eigenvalue weighted by molar-refractivity contribution is -0.124. The second-order valence-corrected chi connectivity index (χ2v) is 6.68. The zero-order valence-electron chi connectivity index (χ0n) is 14.0. The smallest absolute Gasteiger partial charge is 0.228 e. The molecule has 25 heavy (non-hydrogen) atoms. The Balaban J connectivity index is 1.47. The van der Waals surface area contributed by atoms with Crippen LogP contribution in [0.5, 0.6) is 0 Å². The van der Waals surface area contributed by atoms with Gasteiger partial charge in [0, 0.05) is 38.1 Å². The molecule has 1 amide bonds. The number of nitrogens with one attached hydrogen (secondary N) is 1. The van der Waals surface area contributed by atoms with E-state index in [1.165, 1.54) is 0 Å². The normalized spacial score (nSPS) is 26.2. The fraction of sp³-hybridized carbons (Fsp3) is 0.421. The maximum Gasteiger partial charge on any atom is 0.228 e. The van der Waals surface area contributed by atoms with E-state index in [4.69, 9.17) is 4.74 Å². The van der Waals surface area contributed by atoms with Crippen molar-refractivity contribution in [1.82, 2.24) is 14.9 Å². The van der Waals surface area contributed by atoms with Gasteiger partial charge < -0.3 is 10.1 Å². The first-order chi connectivity index (χ1) is 12.3. The van der Waals surface area contributed by atoms with Gasteiger partial charge in [-0.3, -0.25) is 19.7 Å². The number of ether oxygens (including phenoxy) is 1. The molecule has 2 aromatic heterocycles. The molecule has 2 aromatic rings. The minimum Gasteiger partial charge on any atom is -0.377 e.